The van der Waals surface area contributed by atoms with Gasteiger partial charge < -0.3 is 10.4 Å². The number of aliphatic hydroxyl groups is 1. The van der Waals surface area contributed by atoms with Crippen molar-refractivity contribution in [3.8, 4) is 0 Å². The molecule has 5 heteroatoms. The fourth-order valence-electron chi connectivity index (χ4n) is 3.27. The molecule has 2 N–H and O–H groups in total. The van der Waals surface area contributed by atoms with Crippen LogP contribution < -0.4 is 5.32 Å². The van der Waals surface area contributed by atoms with Crippen molar-refractivity contribution in [2.75, 3.05) is 13.1 Å². The van der Waals surface area contributed by atoms with Gasteiger partial charge in [0.2, 0.25) is 5.91 Å². The Balaban J connectivity index is 1.51. The predicted molar refractivity (Wildman–Crippen MR) is 91.3 cm³/mol. The Morgan fingerprint density at radius 3 is 2.39 bits per heavy atom. The highest BCUT2D eigenvalue weighted by atomic mass is 35.5. The molecule has 2 atom stereocenters. The van der Waals surface area contributed by atoms with E-state index < -0.39 is 6.10 Å². The first-order valence-electron chi connectivity index (χ1n) is 8.52. The van der Waals surface area contributed by atoms with E-state index in [4.69, 9.17) is 11.6 Å². The minimum Gasteiger partial charge on any atom is -0.388 e. The van der Waals surface area contributed by atoms with Crippen molar-refractivity contribution in [3.63, 3.8) is 0 Å². The number of benzene rings is 1. The largest absolute Gasteiger partial charge is 0.388 e. The molecule has 2 aliphatic rings. The topological polar surface area (TPSA) is 52.6 Å². The zero-order chi connectivity index (χ0) is 16.4. The lowest BCUT2D eigenvalue weighted by Gasteiger charge is -2.37. The van der Waals surface area contributed by atoms with Gasteiger partial charge in [-0.15, -0.1) is 0 Å². The number of hydrogen-bond donors (Lipinski definition) is 2. The molecule has 1 aliphatic heterocycles. The molecule has 1 aliphatic carbocycles. The molecule has 1 amide bonds. The van der Waals surface area contributed by atoms with Gasteiger partial charge >= 0.3 is 0 Å². The minimum atomic E-state index is -0.454. The summed E-state index contributed by atoms with van der Waals surface area (Å²) in [4.78, 5) is 14.4. The maximum atomic E-state index is 12.1. The number of amides is 1. The van der Waals surface area contributed by atoms with Crippen LogP contribution in [-0.4, -0.2) is 41.1 Å². The summed E-state index contributed by atoms with van der Waals surface area (Å²) in [6.07, 6.45) is 3.60. The van der Waals surface area contributed by atoms with Gasteiger partial charge in [-0.25, -0.2) is 0 Å². The number of nitrogens with one attached hydrogen (secondary N) is 1. The third kappa shape index (κ3) is 4.25. The maximum absolute atomic E-state index is 12.1. The smallest absolute Gasteiger partial charge is 0.237 e. The molecular formula is C18H25ClN2O2. The van der Waals surface area contributed by atoms with Crippen LogP contribution in [0.15, 0.2) is 24.3 Å². The van der Waals surface area contributed by atoms with Gasteiger partial charge in [0.15, 0.2) is 0 Å². The van der Waals surface area contributed by atoms with Crippen LogP contribution >= 0.6 is 11.6 Å². The van der Waals surface area contributed by atoms with E-state index in [0.29, 0.717) is 11.1 Å². The molecule has 2 fully saturated rings. The van der Waals surface area contributed by atoms with Crippen molar-refractivity contribution in [3.05, 3.63) is 34.9 Å². The Kier molecular flexibility index (Phi) is 5.24. The molecule has 0 bridgehead atoms. The second-order valence-corrected chi connectivity index (χ2v) is 7.27. The number of hydrogen-bond acceptors (Lipinski definition) is 3. The Morgan fingerprint density at radius 2 is 1.83 bits per heavy atom. The number of carbonyl (C=O) groups is 1. The second kappa shape index (κ2) is 7.20. The third-order valence-corrected chi connectivity index (χ3v) is 5.34. The van der Waals surface area contributed by atoms with Gasteiger partial charge in [0.25, 0.3) is 0 Å². The van der Waals surface area contributed by atoms with E-state index >= 15 is 0 Å². The molecular weight excluding hydrogens is 312 g/mol. The number of rotatable bonds is 5. The Bertz CT molecular complexity index is 536. The van der Waals surface area contributed by atoms with Crippen molar-refractivity contribution in [2.45, 2.75) is 50.8 Å². The molecule has 0 radical (unpaired) electrons. The van der Waals surface area contributed by atoms with Crippen molar-refractivity contribution >= 4 is 17.5 Å². The van der Waals surface area contributed by atoms with Crippen molar-refractivity contribution in [1.29, 1.82) is 0 Å². The van der Waals surface area contributed by atoms with Gasteiger partial charge in [-0.1, -0.05) is 23.7 Å². The number of nitrogens with zero attached hydrogens (tertiary/aromatic N) is 1. The molecule has 23 heavy (non-hydrogen) atoms. The van der Waals surface area contributed by atoms with Gasteiger partial charge in [0.05, 0.1) is 12.1 Å². The molecule has 1 saturated heterocycles. The van der Waals surface area contributed by atoms with Crippen LogP contribution in [0.5, 0.6) is 0 Å². The molecule has 1 aromatic carbocycles. The summed E-state index contributed by atoms with van der Waals surface area (Å²) in [5.74, 6) is 0.385. The molecule has 3 rings (SSSR count). The van der Waals surface area contributed by atoms with Gasteiger partial charge in [0.1, 0.15) is 0 Å². The summed E-state index contributed by atoms with van der Waals surface area (Å²) in [5, 5.41) is 14.3. The number of piperidine rings is 1. The lowest BCUT2D eigenvalue weighted by Crippen LogP contribution is -2.49. The van der Waals surface area contributed by atoms with Crippen molar-refractivity contribution in [1.82, 2.24) is 10.2 Å². The summed E-state index contributed by atoms with van der Waals surface area (Å²) in [6, 6.07) is 7.76. The highest BCUT2D eigenvalue weighted by Crippen LogP contribution is 2.32. The van der Waals surface area contributed by atoms with Crippen LogP contribution in [0, 0.1) is 5.92 Å². The van der Waals surface area contributed by atoms with Crippen LogP contribution in [-0.2, 0) is 4.79 Å². The van der Waals surface area contributed by atoms with E-state index in [0.717, 1.165) is 44.3 Å². The summed E-state index contributed by atoms with van der Waals surface area (Å²) in [5.41, 5.74) is 0.923. The van der Waals surface area contributed by atoms with E-state index in [1.165, 1.54) is 0 Å². The van der Waals surface area contributed by atoms with Gasteiger partial charge in [0, 0.05) is 11.1 Å². The fraction of sp³-hybridized carbons (Fsp3) is 0.611. The standard InChI is InChI=1S/C18H25ClN2O2/c1-12(18(23)20-16-6-7-16)21-10-8-14(9-11-21)17(22)13-2-4-15(19)5-3-13/h2-5,12,14,16-17,22H,6-11H2,1H3,(H,20,23). The van der Waals surface area contributed by atoms with E-state index in [9.17, 15) is 9.90 Å². The number of aliphatic hydroxyl groups excluding tert-OH is 1. The number of halogens is 1. The highest BCUT2D eigenvalue weighted by molar-refractivity contribution is 6.30. The summed E-state index contributed by atoms with van der Waals surface area (Å²) < 4.78 is 0. The quantitative estimate of drug-likeness (QED) is 0.869. The molecule has 2 unspecified atom stereocenters. The maximum Gasteiger partial charge on any atom is 0.237 e. The Hall–Kier alpha value is -1.10. The molecule has 4 nitrogen and oxygen atoms in total. The Morgan fingerprint density at radius 1 is 1.22 bits per heavy atom. The first-order valence-corrected chi connectivity index (χ1v) is 8.90. The van der Waals surface area contributed by atoms with Crippen LogP contribution in [0.4, 0.5) is 0 Å². The summed E-state index contributed by atoms with van der Waals surface area (Å²) in [6.45, 7) is 3.69. The van der Waals surface area contributed by atoms with E-state index in [-0.39, 0.29) is 17.9 Å². The Labute approximate surface area is 142 Å². The summed E-state index contributed by atoms with van der Waals surface area (Å²) >= 11 is 5.90. The normalized spacial score (nSPS) is 22.6. The second-order valence-electron chi connectivity index (χ2n) is 6.83. The number of likely N-dealkylation sites (tertiary alicyclic amines) is 1. The predicted octanol–water partition coefficient (Wildman–Crippen LogP) is 2.75. The van der Waals surface area contributed by atoms with E-state index in [1.54, 1.807) is 0 Å². The van der Waals surface area contributed by atoms with E-state index in [2.05, 4.69) is 10.2 Å². The van der Waals surface area contributed by atoms with Crippen LogP contribution in [0.1, 0.15) is 44.3 Å². The molecule has 1 heterocycles. The molecule has 1 aromatic rings. The average Bonchev–Trinajstić information content (AvgIpc) is 3.38. The molecule has 0 spiro atoms. The minimum absolute atomic E-state index is 0.0794. The van der Waals surface area contributed by atoms with Crippen molar-refractivity contribution in [2.24, 2.45) is 5.92 Å². The number of carbonyl (C=O) groups excluding carboxylic acids is 1. The lowest BCUT2D eigenvalue weighted by atomic mass is 9.87. The monoisotopic (exact) mass is 336 g/mol. The third-order valence-electron chi connectivity index (χ3n) is 5.08. The lowest BCUT2D eigenvalue weighted by molar-refractivity contribution is -0.126. The van der Waals surface area contributed by atoms with Crippen LogP contribution in [0.3, 0.4) is 0 Å². The summed E-state index contributed by atoms with van der Waals surface area (Å²) in [7, 11) is 0. The first kappa shape index (κ1) is 16.7. The molecule has 126 valence electrons. The van der Waals surface area contributed by atoms with E-state index in [1.807, 2.05) is 31.2 Å². The molecule has 0 aromatic heterocycles. The van der Waals surface area contributed by atoms with Gasteiger partial charge in [-0.2, -0.15) is 0 Å². The average molecular weight is 337 g/mol. The van der Waals surface area contributed by atoms with Gasteiger partial charge in [-0.05, 0) is 69.3 Å². The van der Waals surface area contributed by atoms with Crippen LogP contribution in [0.25, 0.3) is 0 Å². The zero-order valence-electron chi connectivity index (χ0n) is 13.5. The molecule has 1 saturated carbocycles. The first-order chi connectivity index (χ1) is 11.0. The zero-order valence-corrected chi connectivity index (χ0v) is 14.3. The van der Waals surface area contributed by atoms with Gasteiger partial charge in [-0.3, -0.25) is 9.69 Å². The highest BCUT2D eigenvalue weighted by Gasteiger charge is 2.32. The SMILES string of the molecule is CC(C(=O)NC1CC1)N1CCC(C(O)c2ccc(Cl)cc2)CC1. The fourth-order valence-corrected chi connectivity index (χ4v) is 3.40. The van der Waals surface area contributed by atoms with Crippen LogP contribution in [0.2, 0.25) is 5.02 Å². The van der Waals surface area contributed by atoms with Crippen molar-refractivity contribution < 1.29 is 9.90 Å².